The van der Waals surface area contributed by atoms with E-state index in [9.17, 15) is 9.59 Å². The van der Waals surface area contributed by atoms with Gasteiger partial charge in [-0.25, -0.2) is 19.9 Å². The molecule has 0 fully saturated rings. The Morgan fingerprint density at radius 1 is 0.325 bits per heavy atom. The van der Waals surface area contributed by atoms with Crippen LogP contribution in [-0.4, -0.2) is 65.0 Å². The van der Waals surface area contributed by atoms with Crippen molar-refractivity contribution in [1.29, 1.82) is 0 Å². The van der Waals surface area contributed by atoms with Gasteiger partial charge in [0.05, 0.1) is 71.6 Å². The van der Waals surface area contributed by atoms with Crippen LogP contribution >= 0.6 is 0 Å². The summed E-state index contributed by atoms with van der Waals surface area (Å²) >= 11 is 0. The highest BCUT2D eigenvalue weighted by Gasteiger charge is 2.21. The topological polar surface area (TPSA) is 167 Å². The molecule has 0 saturated carbocycles. The lowest BCUT2D eigenvalue weighted by Gasteiger charge is -2.08. The number of carbonyl (C=O) groups excluding carboxylic acids is 2. The number of nitrogens with zero attached hydrogens (tertiary/aromatic N) is 4. The Kier molecular flexibility index (Phi) is 13.3. The molecule has 6 aromatic heterocycles. The molecule has 16 bridgehead atoms. The number of fused-ring (bicyclic) bond motifs is 16. The number of esters is 2. The maximum absolute atomic E-state index is 14.1. The van der Waals surface area contributed by atoms with E-state index >= 15 is 0 Å². The van der Waals surface area contributed by atoms with Crippen LogP contribution < -0.4 is 0 Å². The van der Waals surface area contributed by atoms with Gasteiger partial charge in [-0.3, -0.25) is 9.59 Å². The first-order chi connectivity index (χ1) is 40.9. The summed E-state index contributed by atoms with van der Waals surface area (Å²) in [6.45, 7) is 0.0562. The van der Waals surface area contributed by atoms with Crippen molar-refractivity contribution >= 4 is 105 Å². The quantitative estimate of drug-likeness (QED) is 0.0693. The molecule has 83 heavy (non-hydrogen) atoms. The maximum Gasteiger partial charge on any atom is 0.310 e. The van der Waals surface area contributed by atoms with Crippen molar-refractivity contribution in [1.82, 2.24) is 39.9 Å². The van der Waals surface area contributed by atoms with Crippen molar-refractivity contribution in [3.63, 3.8) is 0 Å². The molecular weight excluding hydrogens is 1030 g/mol. The largest absolute Gasteiger partial charge is 0.465 e. The molecule has 10 heterocycles. The zero-order chi connectivity index (χ0) is 55.6. The zero-order valence-electron chi connectivity index (χ0n) is 44.9. The molecule has 4 aliphatic rings. The normalized spacial score (nSPS) is 12.2. The predicted octanol–water partition coefficient (Wildman–Crippen LogP) is 15.6. The second-order valence-corrected chi connectivity index (χ2v) is 20.5. The minimum Gasteiger partial charge on any atom is -0.465 e. The zero-order valence-corrected chi connectivity index (χ0v) is 44.9. The third-order valence-corrected chi connectivity index (χ3v) is 15.1. The van der Waals surface area contributed by atoms with Gasteiger partial charge in [-0.2, -0.15) is 0 Å². The molecule has 0 saturated heterocycles. The summed E-state index contributed by atoms with van der Waals surface area (Å²) < 4.78 is 11.9. The lowest BCUT2D eigenvalue weighted by molar-refractivity contribution is -0.145. The van der Waals surface area contributed by atoms with E-state index in [4.69, 9.17) is 29.4 Å². The van der Waals surface area contributed by atoms with Crippen LogP contribution in [0, 0.1) is 0 Å². The Labute approximate surface area is 477 Å². The van der Waals surface area contributed by atoms with Crippen LogP contribution in [0.5, 0.6) is 0 Å². The van der Waals surface area contributed by atoms with Gasteiger partial charge in [0.2, 0.25) is 0 Å². The van der Waals surface area contributed by atoms with Gasteiger partial charge in [0.25, 0.3) is 0 Å². The van der Waals surface area contributed by atoms with Crippen LogP contribution in [0.2, 0.25) is 0 Å². The summed E-state index contributed by atoms with van der Waals surface area (Å²) in [6, 6.07) is 60.9. The van der Waals surface area contributed by atoms with E-state index in [0.29, 0.717) is 22.5 Å². The number of H-pyrrole nitrogens is 4. The molecule has 14 rings (SSSR count). The van der Waals surface area contributed by atoms with Gasteiger partial charge < -0.3 is 29.4 Å². The van der Waals surface area contributed by atoms with Gasteiger partial charge in [-0.15, -0.1) is 0 Å². The van der Waals surface area contributed by atoms with Crippen molar-refractivity contribution in [2.75, 3.05) is 13.2 Å². The highest BCUT2D eigenvalue weighted by Crippen LogP contribution is 2.36. The fraction of sp³-hybridized carbons (Fsp3) is 0.0704. The number of hydrogen-bond donors (Lipinski definition) is 4. The van der Waals surface area contributed by atoms with Crippen molar-refractivity contribution in [2.45, 2.75) is 19.3 Å². The Hall–Kier alpha value is -11.0. The molecule has 4 N–H and O–H groups in total. The Morgan fingerprint density at radius 2 is 0.639 bits per heavy atom. The number of rotatable bonds is 12. The molecule has 0 spiro atoms. The molecule has 4 aliphatic heterocycles. The molecule has 0 atom stereocenters. The smallest absolute Gasteiger partial charge is 0.310 e. The summed E-state index contributed by atoms with van der Waals surface area (Å²) in [7, 11) is 0. The standard InChI is InChI=1S/C71H52N8O4/c80-66(42-52-54-30-34-62(76-54)68(44-14-5-1-6-15-44)58-26-22-48(72-58)40-49-23-27-59(73-49)69(45-16-7-2-8-17-45)63-35-31-55(52)77-63)82-38-13-39-83-67(81)43-53-56-32-36-64(78-56)70(46-18-9-3-10-19-46)60-28-24-50(74-60)41-51-25-29-61(75-51)71(47-20-11-4-12-21-47)65-37-33-57(53)79-65/h1-12,14-37,40-41,72,74,77,79H,13,38-39,42-43H2. The molecule has 12 nitrogen and oxygen atoms in total. The van der Waals surface area contributed by atoms with E-state index < -0.39 is 11.9 Å². The van der Waals surface area contributed by atoms with Crippen LogP contribution in [-0.2, 0) is 31.9 Å². The van der Waals surface area contributed by atoms with Crippen LogP contribution in [0.3, 0.4) is 0 Å². The van der Waals surface area contributed by atoms with Gasteiger partial charge in [0.1, 0.15) is 0 Å². The maximum atomic E-state index is 14.1. The number of hydrogen-bond acceptors (Lipinski definition) is 8. The van der Waals surface area contributed by atoms with Crippen molar-refractivity contribution in [2.24, 2.45) is 0 Å². The van der Waals surface area contributed by atoms with Crippen LogP contribution in [0.15, 0.2) is 182 Å². The molecule has 0 aliphatic carbocycles. The average Bonchev–Trinajstić information content (AvgIpc) is 4.57. The number of aromatic nitrogens is 8. The number of ether oxygens (including phenoxy) is 2. The third-order valence-electron chi connectivity index (χ3n) is 15.1. The fourth-order valence-electron chi connectivity index (χ4n) is 11.2. The lowest BCUT2D eigenvalue weighted by Crippen LogP contribution is -2.14. The first kappa shape index (κ1) is 50.3. The number of benzene rings is 4. The predicted molar refractivity (Wildman–Crippen MR) is 333 cm³/mol. The average molecular weight is 1080 g/mol. The minimum absolute atomic E-state index is 0.0281. The SMILES string of the molecule is O=C(Cc1c2nc(c(-c3ccccc3)c3ccc(cc4nc(c(-c5ccccc5)c5ccc1[nH]5)C=C4)[nH]3)C=C2)OCCCOC(=O)Cc1c2nc(c(-c3ccccc3)c3ccc(cc4nc(c(-c5ccccc5)c5ccc1[nH]5)C=C4)[nH]3)C=C2. The highest BCUT2D eigenvalue weighted by molar-refractivity contribution is 5.97. The lowest BCUT2D eigenvalue weighted by atomic mass is 10.0. The third kappa shape index (κ3) is 10.3. The van der Waals surface area contributed by atoms with E-state index in [2.05, 4.69) is 80.6 Å². The second kappa shape index (κ2) is 21.9. The molecular formula is C71H52N8O4. The summed E-state index contributed by atoms with van der Waals surface area (Å²) in [5.41, 5.74) is 21.7. The van der Waals surface area contributed by atoms with E-state index in [0.717, 1.165) is 123 Å². The summed E-state index contributed by atoms with van der Waals surface area (Å²) in [6.07, 6.45) is 16.1. The Balaban J connectivity index is 0.766. The summed E-state index contributed by atoms with van der Waals surface area (Å²) in [5, 5.41) is 0. The first-order valence-electron chi connectivity index (χ1n) is 27.7. The monoisotopic (exact) mass is 1080 g/mol. The number of nitrogens with one attached hydrogen (secondary N) is 4. The van der Waals surface area contributed by atoms with Gasteiger partial charge in [0, 0.05) is 83.9 Å². The van der Waals surface area contributed by atoms with E-state index in [-0.39, 0.29) is 32.5 Å². The van der Waals surface area contributed by atoms with Gasteiger partial charge in [-0.05, 0) is 132 Å². The van der Waals surface area contributed by atoms with Crippen LogP contribution in [0.25, 0.3) is 137 Å². The van der Waals surface area contributed by atoms with E-state index in [1.807, 2.05) is 170 Å². The van der Waals surface area contributed by atoms with Crippen LogP contribution in [0.1, 0.15) is 63.1 Å². The molecule has 4 aromatic carbocycles. The molecule has 0 radical (unpaired) electrons. The van der Waals surface area contributed by atoms with Crippen molar-refractivity contribution < 1.29 is 19.1 Å². The van der Waals surface area contributed by atoms with Gasteiger partial charge in [-0.1, -0.05) is 121 Å². The molecule has 0 unspecified atom stereocenters. The Morgan fingerprint density at radius 3 is 1.02 bits per heavy atom. The highest BCUT2D eigenvalue weighted by atomic mass is 16.5. The molecule has 0 amide bonds. The number of aromatic amines is 4. The van der Waals surface area contributed by atoms with E-state index in [1.165, 1.54) is 0 Å². The minimum atomic E-state index is -0.449. The number of carbonyl (C=O) groups is 2. The molecule has 12 heteroatoms. The molecule has 400 valence electrons. The fourth-order valence-corrected chi connectivity index (χ4v) is 11.2. The van der Waals surface area contributed by atoms with Crippen molar-refractivity contribution in [3.05, 3.63) is 239 Å². The Bertz CT molecular complexity index is 4310. The first-order valence-corrected chi connectivity index (χ1v) is 27.7. The van der Waals surface area contributed by atoms with Gasteiger partial charge in [0.15, 0.2) is 0 Å². The second-order valence-electron chi connectivity index (χ2n) is 20.5. The van der Waals surface area contributed by atoms with E-state index in [1.54, 1.807) is 0 Å². The van der Waals surface area contributed by atoms with Crippen LogP contribution in [0.4, 0.5) is 0 Å². The summed E-state index contributed by atoms with van der Waals surface area (Å²) in [4.78, 5) is 63.4. The van der Waals surface area contributed by atoms with Gasteiger partial charge >= 0.3 is 11.9 Å². The van der Waals surface area contributed by atoms with Crippen molar-refractivity contribution in [3.8, 4) is 44.5 Å². The summed E-state index contributed by atoms with van der Waals surface area (Å²) in [5.74, 6) is -0.898. The molecule has 10 aromatic rings.